The van der Waals surface area contributed by atoms with E-state index in [1.54, 1.807) is 19.1 Å². The number of nitrogens with two attached hydrogens (primary N) is 1. The molecule has 0 fully saturated rings. The van der Waals surface area contributed by atoms with Crippen molar-refractivity contribution in [2.75, 3.05) is 18.9 Å². The van der Waals surface area contributed by atoms with Gasteiger partial charge in [0.2, 0.25) is 10.0 Å². The molecule has 0 amide bonds. The summed E-state index contributed by atoms with van der Waals surface area (Å²) in [4.78, 5) is 0.0411. The van der Waals surface area contributed by atoms with Crippen molar-refractivity contribution in [1.82, 2.24) is 4.72 Å². The maximum absolute atomic E-state index is 12.2. The molecule has 0 aromatic heterocycles. The summed E-state index contributed by atoms with van der Waals surface area (Å²) < 4.78 is 33.3. The molecule has 19 heavy (non-hydrogen) atoms. The summed E-state index contributed by atoms with van der Waals surface area (Å²) in [5, 5.41) is 0. The second-order valence-electron chi connectivity index (χ2n) is 3.92. The third kappa shape index (κ3) is 4.71. The number of sulfonamides is 1. The highest BCUT2D eigenvalue weighted by atomic mass is 79.9. The Balaban J connectivity index is 2.95. The van der Waals surface area contributed by atoms with Crippen LogP contribution < -0.4 is 10.5 Å². The zero-order valence-electron chi connectivity index (χ0n) is 10.6. The van der Waals surface area contributed by atoms with Gasteiger partial charge in [-0.2, -0.15) is 0 Å². The molecule has 108 valence electrons. The summed E-state index contributed by atoms with van der Waals surface area (Å²) in [6.07, 6.45) is -0.199. The van der Waals surface area contributed by atoms with Gasteiger partial charge in [-0.1, -0.05) is 15.9 Å². The minimum Gasteiger partial charge on any atom is -0.398 e. The molecule has 0 aliphatic carbocycles. The Morgan fingerprint density at radius 1 is 1.42 bits per heavy atom. The molecule has 0 aliphatic heterocycles. The Morgan fingerprint density at radius 3 is 2.58 bits per heavy atom. The van der Waals surface area contributed by atoms with Crippen LogP contribution in [0.3, 0.4) is 0 Å². The lowest BCUT2D eigenvalue weighted by molar-refractivity contribution is 0.0799. The molecule has 0 radical (unpaired) electrons. The first-order chi connectivity index (χ1) is 8.77. The van der Waals surface area contributed by atoms with E-state index in [1.165, 1.54) is 0 Å². The van der Waals surface area contributed by atoms with Crippen LogP contribution in [0.2, 0.25) is 0 Å². The summed E-state index contributed by atoms with van der Waals surface area (Å²) >= 11 is 6.46. The maximum atomic E-state index is 12.2. The molecule has 0 bridgehead atoms. The predicted molar refractivity (Wildman–Crippen MR) is 82.5 cm³/mol. The Bertz CT molecular complexity index is 526. The second kappa shape index (κ2) is 7.03. The van der Waals surface area contributed by atoms with Crippen molar-refractivity contribution >= 4 is 47.6 Å². The van der Waals surface area contributed by atoms with Gasteiger partial charge in [-0.25, -0.2) is 13.1 Å². The number of halogens is 2. The topological polar surface area (TPSA) is 81.4 Å². The van der Waals surface area contributed by atoms with Crippen molar-refractivity contribution in [3.8, 4) is 0 Å². The maximum Gasteiger partial charge on any atom is 0.243 e. The highest BCUT2D eigenvalue weighted by molar-refractivity contribution is 9.11. The zero-order valence-corrected chi connectivity index (χ0v) is 14.6. The first-order valence-corrected chi connectivity index (χ1v) is 8.70. The largest absolute Gasteiger partial charge is 0.398 e. The number of ether oxygens (including phenoxy) is 1. The molecule has 0 heterocycles. The molecule has 1 aromatic carbocycles. The van der Waals surface area contributed by atoms with Crippen LogP contribution in [-0.2, 0) is 14.8 Å². The van der Waals surface area contributed by atoms with E-state index >= 15 is 0 Å². The summed E-state index contributed by atoms with van der Waals surface area (Å²) in [5.74, 6) is 0. The summed E-state index contributed by atoms with van der Waals surface area (Å²) in [7, 11) is -3.67. The van der Waals surface area contributed by atoms with E-state index in [2.05, 4.69) is 36.6 Å². The Kier molecular flexibility index (Phi) is 6.25. The number of nitrogen functional groups attached to an aromatic ring is 1. The molecule has 1 atom stereocenters. The molecule has 0 saturated carbocycles. The van der Waals surface area contributed by atoms with Gasteiger partial charge >= 0.3 is 0 Å². The summed E-state index contributed by atoms with van der Waals surface area (Å²) in [5.41, 5.74) is 5.94. The fourth-order valence-corrected chi connectivity index (χ4v) is 4.69. The normalized spacial score (nSPS) is 13.5. The molecule has 5 nitrogen and oxygen atoms in total. The monoisotopic (exact) mass is 414 g/mol. The van der Waals surface area contributed by atoms with E-state index in [1.807, 2.05) is 6.92 Å². The number of hydrogen-bond donors (Lipinski definition) is 2. The SMILES string of the molecule is CCOC(C)CNS(=O)(=O)c1c(N)cc(Br)cc1Br. The number of anilines is 1. The fourth-order valence-electron chi connectivity index (χ4n) is 1.51. The highest BCUT2D eigenvalue weighted by Crippen LogP contribution is 2.31. The van der Waals surface area contributed by atoms with Crippen LogP contribution in [0.1, 0.15) is 13.8 Å². The van der Waals surface area contributed by atoms with Gasteiger partial charge in [0.15, 0.2) is 0 Å². The minimum atomic E-state index is -3.67. The standard InChI is InChI=1S/C11H16Br2N2O3S/c1-3-18-7(2)6-15-19(16,17)11-9(13)4-8(12)5-10(11)14/h4-5,7,15H,3,6,14H2,1-2H3. The molecule has 1 rings (SSSR count). The van der Waals surface area contributed by atoms with Gasteiger partial charge in [0.05, 0.1) is 11.8 Å². The van der Waals surface area contributed by atoms with Crippen LogP contribution in [0.4, 0.5) is 5.69 Å². The predicted octanol–water partition coefficient (Wildman–Crippen LogP) is 2.50. The van der Waals surface area contributed by atoms with Gasteiger partial charge in [-0.05, 0) is 41.9 Å². The van der Waals surface area contributed by atoms with Crippen molar-refractivity contribution in [3.05, 3.63) is 21.1 Å². The van der Waals surface area contributed by atoms with Crippen LogP contribution in [0.5, 0.6) is 0 Å². The molecule has 1 unspecified atom stereocenters. The molecule has 0 spiro atoms. The number of nitrogens with one attached hydrogen (secondary N) is 1. The first kappa shape index (κ1) is 16.9. The van der Waals surface area contributed by atoms with E-state index in [0.29, 0.717) is 15.6 Å². The van der Waals surface area contributed by atoms with E-state index in [9.17, 15) is 8.42 Å². The highest BCUT2D eigenvalue weighted by Gasteiger charge is 2.22. The second-order valence-corrected chi connectivity index (χ2v) is 7.40. The van der Waals surface area contributed by atoms with E-state index < -0.39 is 10.0 Å². The summed E-state index contributed by atoms with van der Waals surface area (Å²) in [6.45, 7) is 4.38. The molecule has 0 aliphatic rings. The smallest absolute Gasteiger partial charge is 0.243 e. The minimum absolute atomic E-state index is 0.0411. The quantitative estimate of drug-likeness (QED) is 0.699. The summed E-state index contributed by atoms with van der Waals surface area (Å²) in [6, 6.07) is 3.18. The lowest BCUT2D eigenvalue weighted by Gasteiger charge is -2.15. The third-order valence-electron chi connectivity index (χ3n) is 2.32. The average Bonchev–Trinajstić information content (AvgIpc) is 2.25. The van der Waals surface area contributed by atoms with Crippen LogP contribution in [0.25, 0.3) is 0 Å². The Hall–Kier alpha value is -0.150. The molecule has 0 saturated heterocycles. The van der Waals surface area contributed by atoms with Gasteiger partial charge in [-0.3, -0.25) is 0 Å². The number of rotatable bonds is 6. The molecule has 8 heteroatoms. The number of hydrogen-bond acceptors (Lipinski definition) is 4. The molecule has 1 aromatic rings. The zero-order chi connectivity index (χ0) is 14.6. The van der Waals surface area contributed by atoms with Gasteiger partial charge in [0, 0.05) is 22.1 Å². The van der Waals surface area contributed by atoms with Crippen LogP contribution in [0.15, 0.2) is 26.0 Å². The molecular weight excluding hydrogens is 400 g/mol. The van der Waals surface area contributed by atoms with E-state index in [4.69, 9.17) is 10.5 Å². The Labute approximate surface area is 130 Å². The van der Waals surface area contributed by atoms with Crippen molar-refractivity contribution in [2.45, 2.75) is 24.8 Å². The van der Waals surface area contributed by atoms with Crippen molar-refractivity contribution in [3.63, 3.8) is 0 Å². The van der Waals surface area contributed by atoms with E-state index in [0.717, 1.165) is 0 Å². The van der Waals surface area contributed by atoms with E-state index in [-0.39, 0.29) is 23.2 Å². The number of benzene rings is 1. The van der Waals surface area contributed by atoms with Gasteiger partial charge < -0.3 is 10.5 Å². The Morgan fingerprint density at radius 2 is 2.05 bits per heavy atom. The molecular formula is C11H16Br2N2O3S. The van der Waals surface area contributed by atoms with Crippen molar-refractivity contribution in [2.24, 2.45) is 0 Å². The van der Waals surface area contributed by atoms with Gasteiger partial charge in [-0.15, -0.1) is 0 Å². The van der Waals surface area contributed by atoms with Gasteiger partial charge in [0.1, 0.15) is 4.90 Å². The fraction of sp³-hybridized carbons (Fsp3) is 0.455. The van der Waals surface area contributed by atoms with Crippen LogP contribution in [0, 0.1) is 0 Å². The average molecular weight is 416 g/mol. The third-order valence-corrected chi connectivity index (χ3v) is 5.20. The molecule has 3 N–H and O–H groups in total. The van der Waals surface area contributed by atoms with Crippen LogP contribution in [-0.4, -0.2) is 27.7 Å². The lowest BCUT2D eigenvalue weighted by Crippen LogP contribution is -2.32. The van der Waals surface area contributed by atoms with Crippen LogP contribution >= 0.6 is 31.9 Å². The van der Waals surface area contributed by atoms with Crippen molar-refractivity contribution < 1.29 is 13.2 Å². The van der Waals surface area contributed by atoms with Gasteiger partial charge in [0.25, 0.3) is 0 Å². The lowest BCUT2D eigenvalue weighted by atomic mass is 10.3. The first-order valence-electron chi connectivity index (χ1n) is 5.63. The van der Waals surface area contributed by atoms with Crippen molar-refractivity contribution in [1.29, 1.82) is 0 Å².